The number of anilines is 1. The summed E-state index contributed by atoms with van der Waals surface area (Å²) in [4.78, 5) is 27.3. The second kappa shape index (κ2) is 9.66. The maximum atomic E-state index is 13.2. The Morgan fingerprint density at radius 1 is 1.06 bits per heavy atom. The number of halogens is 1. The topological polar surface area (TPSA) is 60.8 Å². The summed E-state index contributed by atoms with van der Waals surface area (Å²) in [5, 5.41) is 0.320. The third-order valence-electron chi connectivity index (χ3n) is 5.49. The van der Waals surface area contributed by atoms with Crippen molar-refractivity contribution in [1.29, 1.82) is 0 Å². The quantitative estimate of drug-likeness (QED) is 0.239. The maximum absolute atomic E-state index is 13.2. The first-order valence-corrected chi connectivity index (χ1v) is 11.8. The summed E-state index contributed by atoms with van der Waals surface area (Å²) in [6, 6.07) is 14.4. The van der Waals surface area contributed by atoms with Crippen LogP contribution in [0.1, 0.15) is 27.3 Å². The predicted octanol–water partition coefficient (Wildman–Crippen LogP) is 5.95. The normalized spacial score (nSPS) is 14.7. The number of carbonyl (C=O) groups is 2. The molecule has 0 bridgehead atoms. The molecule has 0 spiro atoms. The van der Waals surface area contributed by atoms with E-state index in [2.05, 4.69) is 0 Å². The highest BCUT2D eigenvalue weighted by molar-refractivity contribution is 8.27. The van der Waals surface area contributed by atoms with Crippen LogP contribution in [-0.2, 0) is 9.53 Å². The lowest BCUT2D eigenvalue weighted by atomic mass is 10.2. The fourth-order valence-corrected chi connectivity index (χ4v) is 5.30. The second-order valence-corrected chi connectivity index (χ2v) is 9.62. The highest BCUT2D eigenvalue weighted by Gasteiger charge is 2.33. The number of aromatic nitrogens is 1. The number of amides is 1. The number of aryl methyl sites for hydroxylation is 1. The number of thiocarbonyl (C=S) groups is 1. The minimum Gasteiger partial charge on any atom is -0.497 e. The van der Waals surface area contributed by atoms with E-state index in [-0.39, 0.29) is 11.5 Å². The lowest BCUT2D eigenvalue weighted by molar-refractivity contribution is -0.113. The van der Waals surface area contributed by atoms with Gasteiger partial charge in [0.25, 0.3) is 5.91 Å². The van der Waals surface area contributed by atoms with Crippen molar-refractivity contribution in [3.63, 3.8) is 0 Å². The zero-order chi connectivity index (χ0) is 24.6. The van der Waals surface area contributed by atoms with E-state index in [1.165, 1.54) is 23.8 Å². The average Bonchev–Trinajstić information content (AvgIpc) is 3.27. The van der Waals surface area contributed by atoms with Crippen molar-refractivity contribution in [2.24, 2.45) is 0 Å². The van der Waals surface area contributed by atoms with Gasteiger partial charge in [-0.15, -0.1) is 0 Å². The highest BCUT2D eigenvalue weighted by atomic mass is 35.5. The summed E-state index contributed by atoms with van der Waals surface area (Å²) < 4.78 is 12.5. The Labute approximate surface area is 212 Å². The van der Waals surface area contributed by atoms with Crippen LogP contribution in [0.2, 0.25) is 5.02 Å². The predicted molar refractivity (Wildman–Crippen MR) is 140 cm³/mol. The van der Waals surface area contributed by atoms with Gasteiger partial charge in [0, 0.05) is 17.1 Å². The molecule has 0 atom stereocenters. The largest absolute Gasteiger partial charge is 0.497 e. The van der Waals surface area contributed by atoms with Crippen molar-refractivity contribution in [2.45, 2.75) is 13.8 Å². The van der Waals surface area contributed by atoms with E-state index < -0.39 is 5.97 Å². The van der Waals surface area contributed by atoms with Gasteiger partial charge in [-0.05, 0) is 74.0 Å². The van der Waals surface area contributed by atoms with Crippen LogP contribution in [0.15, 0.2) is 53.4 Å². The first-order chi connectivity index (χ1) is 16.2. The van der Waals surface area contributed by atoms with Crippen LogP contribution in [0.3, 0.4) is 0 Å². The molecule has 1 aliphatic rings. The number of ether oxygens (including phenoxy) is 2. The fourth-order valence-electron chi connectivity index (χ4n) is 3.81. The van der Waals surface area contributed by atoms with Gasteiger partial charge in [-0.25, -0.2) is 4.79 Å². The number of hydrogen-bond acceptors (Lipinski definition) is 6. The first-order valence-electron chi connectivity index (χ1n) is 10.2. The molecule has 174 valence electrons. The SMILES string of the molecule is COC(=O)c1cc(-n2c(C)cc(/C=C3\SC(=S)N(c4ccc(OC)cc4)C3=O)c2C)ccc1Cl. The Balaban J connectivity index is 1.69. The first kappa shape index (κ1) is 24.1. The molecular weight excluding hydrogens is 492 g/mol. The molecule has 1 saturated heterocycles. The summed E-state index contributed by atoms with van der Waals surface area (Å²) in [5.74, 6) is 0.0240. The van der Waals surface area contributed by atoms with Crippen molar-refractivity contribution in [3.8, 4) is 11.4 Å². The minimum atomic E-state index is -0.503. The third kappa shape index (κ3) is 4.36. The van der Waals surface area contributed by atoms with Gasteiger partial charge in [-0.3, -0.25) is 9.69 Å². The molecule has 6 nitrogen and oxygen atoms in total. The van der Waals surface area contributed by atoms with Gasteiger partial charge >= 0.3 is 5.97 Å². The number of benzene rings is 2. The number of carbonyl (C=O) groups excluding carboxylic acids is 2. The number of hydrogen-bond donors (Lipinski definition) is 0. The molecule has 34 heavy (non-hydrogen) atoms. The van der Waals surface area contributed by atoms with Crippen molar-refractivity contribution >= 4 is 63.5 Å². The molecule has 1 fully saturated rings. The van der Waals surface area contributed by atoms with Crippen molar-refractivity contribution in [1.82, 2.24) is 4.57 Å². The van der Waals surface area contributed by atoms with Crippen LogP contribution in [-0.4, -0.2) is 35.0 Å². The Kier molecular flexibility index (Phi) is 6.84. The molecule has 0 radical (unpaired) electrons. The van der Waals surface area contributed by atoms with E-state index in [0.717, 1.165) is 22.6 Å². The van der Waals surface area contributed by atoms with Gasteiger partial charge in [-0.1, -0.05) is 35.6 Å². The molecule has 0 saturated carbocycles. The van der Waals surface area contributed by atoms with Crippen molar-refractivity contribution in [2.75, 3.05) is 19.1 Å². The zero-order valence-corrected chi connectivity index (χ0v) is 21.3. The number of methoxy groups -OCH3 is 2. The van der Waals surface area contributed by atoms with E-state index >= 15 is 0 Å². The van der Waals surface area contributed by atoms with Gasteiger partial charge in [0.1, 0.15) is 5.75 Å². The van der Waals surface area contributed by atoms with Gasteiger partial charge in [0.15, 0.2) is 4.32 Å². The number of rotatable bonds is 5. The minimum absolute atomic E-state index is 0.176. The summed E-state index contributed by atoms with van der Waals surface area (Å²) in [5.41, 5.74) is 4.47. The molecule has 1 amide bonds. The molecule has 1 aromatic heterocycles. The van der Waals surface area contributed by atoms with Gasteiger partial charge in [-0.2, -0.15) is 0 Å². The Morgan fingerprint density at radius 3 is 2.38 bits per heavy atom. The highest BCUT2D eigenvalue weighted by Crippen LogP contribution is 2.37. The standard InChI is InChI=1S/C25H21ClN2O4S2/c1-14-11-16(15(2)27(14)18-7-10-21(26)20(13-18)24(30)32-4)12-22-23(29)28(25(33)34-22)17-5-8-19(31-3)9-6-17/h5-13H,1-4H3/b22-12-. The number of thioether (sulfide) groups is 1. The molecule has 9 heteroatoms. The molecule has 0 N–H and O–H groups in total. The van der Waals surface area contributed by atoms with Gasteiger partial charge in [0.05, 0.1) is 35.4 Å². The summed E-state index contributed by atoms with van der Waals surface area (Å²) in [6.07, 6.45) is 1.85. The molecule has 0 aliphatic carbocycles. The van der Waals surface area contributed by atoms with Crippen molar-refractivity contribution < 1.29 is 19.1 Å². The number of nitrogens with zero attached hydrogens (tertiary/aromatic N) is 2. The lowest BCUT2D eigenvalue weighted by Gasteiger charge is -2.14. The van der Waals surface area contributed by atoms with Crippen molar-refractivity contribution in [3.05, 3.63) is 81.0 Å². The van der Waals surface area contributed by atoms with Gasteiger partial charge < -0.3 is 14.0 Å². The van der Waals surface area contributed by atoms with Crippen LogP contribution < -0.4 is 9.64 Å². The Morgan fingerprint density at radius 2 is 1.74 bits per heavy atom. The van der Waals surface area contributed by atoms with E-state index in [4.69, 9.17) is 33.3 Å². The maximum Gasteiger partial charge on any atom is 0.339 e. The van der Waals surface area contributed by atoms with Crippen LogP contribution >= 0.6 is 35.6 Å². The third-order valence-corrected chi connectivity index (χ3v) is 7.13. The lowest BCUT2D eigenvalue weighted by Crippen LogP contribution is -2.27. The molecule has 1 aliphatic heterocycles. The van der Waals surface area contributed by atoms with Crippen LogP contribution in [0.5, 0.6) is 5.75 Å². The van der Waals surface area contributed by atoms with E-state index in [0.29, 0.717) is 25.7 Å². The fraction of sp³-hybridized carbons (Fsp3) is 0.160. The molecule has 4 rings (SSSR count). The average molecular weight is 513 g/mol. The van der Waals surface area contributed by atoms with Crippen LogP contribution in [0.4, 0.5) is 5.69 Å². The molecule has 2 aromatic carbocycles. The summed E-state index contributed by atoms with van der Waals surface area (Å²) in [6.45, 7) is 3.91. The van der Waals surface area contributed by atoms with Crippen LogP contribution in [0.25, 0.3) is 11.8 Å². The number of esters is 1. The summed E-state index contributed by atoms with van der Waals surface area (Å²) in [7, 11) is 2.91. The molecule has 0 unspecified atom stereocenters. The van der Waals surface area contributed by atoms with Crippen LogP contribution in [0, 0.1) is 13.8 Å². The summed E-state index contributed by atoms with van der Waals surface area (Å²) >= 11 is 12.9. The van der Waals surface area contributed by atoms with Gasteiger partial charge in [0.2, 0.25) is 0 Å². The van der Waals surface area contributed by atoms with E-state index in [1.807, 2.05) is 36.6 Å². The van der Waals surface area contributed by atoms with E-state index in [9.17, 15) is 9.59 Å². The Hall–Kier alpha value is -3.07. The molecule has 2 heterocycles. The van der Waals surface area contributed by atoms with E-state index in [1.54, 1.807) is 43.5 Å². The zero-order valence-electron chi connectivity index (χ0n) is 18.9. The molecular formula is C25H21ClN2O4S2. The Bertz CT molecular complexity index is 1350. The monoisotopic (exact) mass is 512 g/mol. The second-order valence-electron chi connectivity index (χ2n) is 7.53. The molecule has 3 aromatic rings. The smallest absolute Gasteiger partial charge is 0.339 e.